The molecule has 1 aromatic heterocycles. The molecule has 10 heteroatoms. The van der Waals surface area contributed by atoms with Crippen molar-refractivity contribution in [3.63, 3.8) is 0 Å². The summed E-state index contributed by atoms with van der Waals surface area (Å²) < 4.78 is 31.3. The van der Waals surface area contributed by atoms with E-state index >= 15 is 0 Å². The molecule has 1 aromatic carbocycles. The number of aromatic carboxylic acids is 1. The number of nitrogens with one attached hydrogen (secondary N) is 1. The minimum absolute atomic E-state index is 0.149. The number of nitrogens with zero attached hydrogens (tertiary/aromatic N) is 1. The molecular formula is C11H8Cl2N2O5S. The maximum absolute atomic E-state index is 12.1. The van der Waals surface area contributed by atoms with Crippen molar-refractivity contribution in [1.82, 2.24) is 9.88 Å². The molecule has 0 unspecified atom stereocenters. The second-order valence-corrected chi connectivity index (χ2v) is 6.36. The minimum atomic E-state index is -4.03. The monoisotopic (exact) mass is 350 g/mol. The van der Waals surface area contributed by atoms with Crippen LogP contribution in [0.25, 0.3) is 0 Å². The molecule has 0 aliphatic carbocycles. The molecule has 0 saturated heterocycles. The third-order valence-corrected chi connectivity index (χ3v) is 4.75. The Morgan fingerprint density at radius 3 is 2.62 bits per heavy atom. The molecule has 21 heavy (non-hydrogen) atoms. The SMILES string of the molecule is O=C(O)c1c(Cl)ccc(S(=O)(=O)NCc2ccno2)c1Cl. The van der Waals surface area contributed by atoms with Gasteiger partial charge in [0, 0.05) is 6.07 Å². The largest absolute Gasteiger partial charge is 0.478 e. The highest BCUT2D eigenvalue weighted by atomic mass is 35.5. The van der Waals surface area contributed by atoms with E-state index in [1.165, 1.54) is 12.3 Å². The van der Waals surface area contributed by atoms with Gasteiger partial charge in [-0.25, -0.2) is 17.9 Å². The molecule has 0 aliphatic rings. The van der Waals surface area contributed by atoms with Crippen LogP contribution < -0.4 is 4.72 Å². The first kappa shape index (κ1) is 15.8. The Bertz CT molecular complexity index is 774. The first-order chi connectivity index (χ1) is 9.83. The first-order valence-electron chi connectivity index (χ1n) is 5.43. The van der Waals surface area contributed by atoms with Crippen LogP contribution in [0.2, 0.25) is 10.0 Å². The zero-order valence-electron chi connectivity index (χ0n) is 10.2. The van der Waals surface area contributed by atoms with E-state index in [9.17, 15) is 13.2 Å². The van der Waals surface area contributed by atoms with Gasteiger partial charge in [-0.3, -0.25) is 0 Å². The van der Waals surface area contributed by atoms with Crippen molar-refractivity contribution >= 4 is 39.2 Å². The molecule has 0 bridgehead atoms. The fourth-order valence-corrected chi connectivity index (χ4v) is 3.42. The highest BCUT2D eigenvalue weighted by Crippen LogP contribution is 2.31. The molecule has 0 radical (unpaired) electrons. The van der Waals surface area contributed by atoms with Gasteiger partial charge in [0.2, 0.25) is 10.0 Å². The average Bonchev–Trinajstić information content (AvgIpc) is 2.88. The molecule has 2 aromatic rings. The molecule has 0 amide bonds. The standard InChI is InChI=1S/C11H8Cl2N2O5S/c12-7-1-2-8(10(13)9(7)11(16)17)21(18,19)15-5-6-3-4-14-20-6/h1-4,15H,5H2,(H,16,17). The van der Waals surface area contributed by atoms with Crippen LogP contribution in [0.5, 0.6) is 0 Å². The molecule has 7 nitrogen and oxygen atoms in total. The normalized spacial score (nSPS) is 11.5. The van der Waals surface area contributed by atoms with Crippen molar-refractivity contribution in [3.8, 4) is 0 Å². The molecule has 2 N–H and O–H groups in total. The topological polar surface area (TPSA) is 110 Å². The lowest BCUT2D eigenvalue weighted by molar-refractivity contribution is 0.0697. The number of benzene rings is 1. The van der Waals surface area contributed by atoms with Crippen molar-refractivity contribution in [2.75, 3.05) is 0 Å². The zero-order chi connectivity index (χ0) is 15.6. The van der Waals surface area contributed by atoms with Crippen LogP contribution in [0.15, 0.2) is 33.8 Å². The number of hydrogen-bond donors (Lipinski definition) is 2. The van der Waals surface area contributed by atoms with Gasteiger partial charge in [-0.1, -0.05) is 28.4 Å². The lowest BCUT2D eigenvalue weighted by Gasteiger charge is -2.10. The summed E-state index contributed by atoms with van der Waals surface area (Å²) in [6.45, 7) is -0.149. The number of rotatable bonds is 5. The smallest absolute Gasteiger partial charge is 0.338 e. The fraction of sp³-hybridized carbons (Fsp3) is 0.0909. The third kappa shape index (κ3) is 3.35. The lowest BCUT2D eigenvalue weighted by atomic mass is 10.2. The number of carboxylic acid groups (broad SMARTS) is 1. The van der Waals surface area contributed by atoms with Gasteiger partial charge in [0.25, 0.3) is 0 Å². The molecule has 0 atom stereocenters. The summed E-state index contributed by atoms with van der Waals surface area (Å²) in [6, 6.07) is 3.76. The maximum Gasteiger partial charge on any atom is 0.338 e. The summed E-state index contributed by atoms with van der Waals surface area (Å²) in [5.74, 6) is -1.13. The Labute approximate surface area is 129 Å². The van der Waals surface area contributed by atoms with Crippen molar-refractivity contribution in [2.45, 2.75) is 11.4 Å². The summed E-state index contributed by atoms with van der Waals surface area (Å²) >= 11 is 11.5. The predicted molar refractivity (Wildman–Crippen MR) is 73.9 cm³/mol. The van der Waals surface area contributed by atoms with Crippen LogP contribution in [0.1, 0.15) is 16.1 Å². The summed E-state index contributed by atoms with van der Waals surface area (Å²) in [7, 11) is -4.03. The Balaban J connectivity index is 2.36. The van der Waals surface area contributed by atoms with Gasteiger partial charge in [0.05, 0.1) is 28.4 Å². The minimum Gasteiger partial charge on any atom is -0.478 e. The van der Waals surface area contributed by atoms with E-state index in [0.29, 0.717) is 5.76 Å². The van der Waals surface area contributed by atoms with E-state index in [1.807, 2.05) is 0 Å². The summed E-state index contributed by atoms with van der Waals surface area (Å²) in [6.07, 6.45) is 1.36. The first-order valence-corrected chi connectivity index (χ1v) is 7.67. The molecule has 0 saturated carbocycles. The van der Waals surface area contributed by atoms with Crippen LogP contribution >= 0.6 is 23.2 Å². The number of aromatic nitrogens is 1. The molecular weight excluding hydrogens is 343 g/mol. The maximum atomic E-state index is 12.1. The molecule has 0 spiro atoms. The van der Waals surface area contributed by atoms with Gasteiger partial charge in [-0.2, -0.15) is 0 Å². The molecule has 0 aliphatic heterocycles. The van der Waals surface area contributed by atoms with Crippen molar-refractivity contribution in [1.29, 1.82) is 0 Å². The van der Waals surface area contributed by atoms with Crippen LogP contribution in [0.4, 0.5) is 0 Å². The number of halogens is 2. The Morgan fingerprint density at radius 1 is 1.33 bits per heavy atom. The van der Waals surface area contributed by atoms with Crippen molar-refractivity contribution in [2.24, 2.45) is 0 Å². The quantitative estimate of drug-likeness (QED) is 0.854. The van der Waals surface area contributed by atoms with E-state index in [-0.39, 0.29) is 16.5 Å². The number of sulfonamides is 1. The van der Waals surface area contributed by atoms with E-state index in [2.05, 4.69) is 9.88 Å². The molecule has 112 valence electrons. The molecule has 1 heterocycles. The van der Waals surface area contributed by atoms with E-state index in [1.54, 1.807) is 0 Å². The zero-order valence-corrected chi connectivity index (χ0v) is 12.5. The van der Waals surface area contributed by atoms with E-state index < -0.39 is 26.6 Å². The number of carboxylic acids is 1. The van der Waals surface area contributed by atoms with E-state index in [0.717, 1.165) is 12.1 Å². The second-order valence-electron chi connectivity index (χ2n) is 3.84. The fourth-order valence-electron chi connectivity index (χ4n) is 1.51. The summed E-state index contributed by atoms with van der Waals surface area (Å²) in [4.78, 5) is 10.7. The lowest BCUT2D eigenvalue weighted by Crippen LogP contribution is -2.24. The van der Waals surface area contributed by atoms with Crippen LogP contribution in [-0.2, 0) is 16.6 Å². The Morgan fingerprint density at radius 2 is 2.05 bits per heavy atom. The highest BCUT2D eigenvalue weighted by Gasteiger charge is 2.24. The van der Waals surface area contributed by atoms with Gasteiger partial charge >= 0.3 is 5.97 Å². The highest BCUT2D eigenvalue weighted by molar-refractivity contribution is 7.89. The van der Waals surface area contributed by atoms with Crippen LogP contribution in [0.3, 0.4) is 0 Å². The summed E-state index contributed by atoms with van der Waals surface area (Å²) in [5.41, 5.74) is -0.471. The second kappa shape index (κ2) is 6.02. The molecule has 0 fully saturated rings. The van der Waals surface area contributed by atoms with Crippen molar-refractivity contribution in [3.05, 3.63) is 45.8 Å². The van der Waals surface area contributed by atoms with Gasteiger partial charge in [-0.05, 0) is 12.1 Å². The van der Waals surface area contributed by atoms with Gasteiger partial charge in [0.1, 0.15) is 4.90 Å². The van der Waals surface area contributed by atoms with Gasteiger partial charge in [0.15, 0.2) is 5.76 Å². The van der Waals surface area contributed by atoms with Crippen LogP contribution in [-0.4, -0.2) is 24.7 Å². The summed E-state index contributed by atoms with van der Waals surface area (Å²) in [5, 5.41) is 11.8. The Kier molecular flexibility index (Phi) is 4.52. The van der Waals surface area contributed by atoms with Gasteiger partial charge in [-0.15, -0.1) is 0 Å². The average molecular weight is 351 g/mol. The number of hydrogen-bond acceptors (Lipinski definition) is 5. The van der Waals surface area contributed by atoms with Crippen molar-refractivity contribution < 1.29 is 22.8 Å². The number of carbonyl (C=O) groups is 1. The molecule has 2 rings (SSSR count). The van der Waals surface area contributed by atoms with E-state index in [4.69, 9.17) is 32.8 Å². The van der Waals surface area contributed by atoms with Crippen LogP contribution in [0, 0.1) is 0 Å². The predicted octanol–water partition coefficient (Wildman–Crippen LogP) is 2.16. The van der Waals surface area contributed by atoms with Gasteiger partial charge < -0.3 is 9.63 Å². The third-order valence-electron chi connectivity index (χ3n) is 2.49. The Hall–Kier alpha value is -1.61.